The molecule has 0 aromatic carbocycles. The Bertz CT molecular complexity index is 343. The Morgan fingerprint density at radius 2 is 2.31 bits per heavy atom. The Hall–Kier alpha value is -1.27. The largest absolute Gasteiger partial charge is 0.356 e. The minimum absolute atomic E-state index is 0.0651. The van der Waals surface area contributed by atoms with Crippen LogP contribution in [-0.4, -0.2) is 16.0 Å². The molecule has 0 aliphatic heterocycles. The molecule has 3 nitrogen and oxygen atoms in total. The third-order valence-corrected chi connectivity index (χ3v) is 2.01. The highest BCUT2D eigenvalue weighted by Gasteiger charge is 2.05. The van der Waals surface area contributed by atoms with Crippen molar-refractivity contribution in [1.29, 1.82) is 0 Å². The number of nitrogens with one attached hydrogen (secondary N) is 1. The van der Waals surface area contributed by atoms with Crippen molar-refractivity contribution in [3.63, 3.8) is 0 Å². The van der Waals surface area contributed by atoms with Gasteiger partial charge in [-0.05, 0) is 13.8 Å². The highest BCUT2D eigenvalue weighted by atomic mass is 35.5. The summed E-state index contributed by atoms with van der Waals surface area (Å²) in [5.41, 5.74) is 0.811. The molecule has 1 rings (SSSR count). The Labute approximate surface area is 82.5 Å². The zero-order valence-corrected chi connectivity index (χ0v) is 8.26. The average Bonchev–Trinajstić information content (AvgIpc) is 2.13. The van der Waals surface area contributed by atoms with Crippen molar-refractivity contribution in [2.75, 3.05) is 5.32 Å². The van der Waals surface area contributed by atoms with E-state index in [0.29, 0.717) is 11.0 Å². The van der Waals surface area contributed by atoms with E-state index < -0.39 is 0 Å². The Morgan fingerprint density at radius 3 is 2.92 bits per heavy atom. The number of rotatable bonds is 2. The van der Waals surface area contributed by atoms with Crippen LogP contribution in [0.5, 0.6) is 0 Å². The van der Waals surface area contributed by atoms with Crippen molar-refractivity contribution >= 4 is 17.4 Å². The molecule has 1 unspecified atom stereocenters. The minimum Gasteiger partial charge on any atom is -0.356 e. The van der Waals surface area contributed by atoms with Crippen molar-refractivity contribution in [1.82, 2.24) is 9.97 Å². The van der Waals surface area contributed by atoms with E-state index >= 15 is 0 Å². The Balaban J connectivity index is 2.90. The van der Waals surface area contributed by atoms with Crippen molar-refractivity contribution in [3.05, 3.63) is 17.0 Å². The fourth-order valence-electron chi connectivity index (χ4n) is 0.821. The maximum Gasteiger partial charge on any atom is 0.137 e. The fourth-order valence-corrected chi connectivity index (χ4v) is 0.954. The summed E-state index contributed by atoms with van der Waals surface area (Å²) in [5.74, 6) is 3.23. The van der Waals surface area contributed by atoms with Crippen molar-refractivity contribution < 1.29 is 0 Å². The van der Waals surface area contributed by atoms with Gasteiger partial charge in [0.25, 0.3) is 0 Å². The lowest BCUT2D eigenvalue weighted by Gasteiger charge is -2.10. The number of nitrogens with zero attached hydrogens (tertiary/aromatic N) is 2. The van der Waals surface area contributed by atoms with E-state index in [1.165, 1.54) is 6.33 Å². The molecule has 68 valence electrons. The third-order valence-electron chi connectivity index (χ3n) is 1.63. The first-order valence-electron chi connectivity index (χ1n) is 3.85. The topological polar surface area (TPSA) is 37.8 Å². The average molecular weight is 196 g/mol. The molecule has 0 spiro atoms. The first-order valence-corrected chi connectivity index (χ1v) is 4.22. The molecule has 1 N–H and O–H groups in total. The standard InChI is InChI=1S/C9H10ClN3/c1-4-6(2)13-9-7(3)8(10)11-5-12-9/h1,5-6H,2-3H3,(H,11,12,13). The summed E-state index contributed by atoms with van der Waals surface area (Å²) in [6.07, 6.45) is 6.62. The summed E-state index contributed by atoms with van der Waals surface area (Å²) in [5, 5.41) is 3.48. The summed E-state index contributed by atoms with van der Waals surface area (Å²) >= 11 is 5.80. The van der Waals surface area contributed by atoms with Crippen molar-refractivity contribution in [2.45, 2.75) is 19.9 Å². The number of aromatic nitrogens is 2. The number of terminal acetylenes is 1. The first kappa shape index (κ1) is 9.82. The molecular formula is C9H10ClN3. The van der Waals surface area contributed by atoms with Gasteiger partial charge in [0.15, 0.2) is 0 Å². The Kier molecular flexibility index (Phi) is 3.10. The molecule has 1 aromatic heterocycles. The maximum atomic E-state index is 5.80. The van der Waals surface area contributed by atoms with Crippen LogP contribution in [0.4, 0.5) is 5.82 Å². The van der Waals surface area contributed by atoms with Crippen LogP contribution >= 0.6 is 11.6 Å². The van der Waals surface area contributed by atoms with Gasteiger partial charge in [0.1, 0.15) is 17.3 Å². The van der Waals surface area contributed by atoms with Crippen LogP contribution in [-0.2, 0) is 0 Å². The van der Waals surface area contributed by atoms with Crippen LogP contribution in [0, 0.1) is 19.3 Å². The van der Waals surface area contributed by atoms with Crippen LogP contribution in [0.2, 0.25) is 5.15 Å². The molecule has 0 bridgehead atoms. The van der Waals surface area contributed by atoms with E-state index in [1.807, 2.05) is 13.8 Å². The van der Waals surface area contributed by atoms with E-state index in [4.69, 9.17) is 18.0 Å². The molecule has 0 aliphatic carbocycles. The van der Waals surface area contributed by atoms with Gasteiger partial charge in [-0.2, -0.15) is 0 Å². The number of hydrogen-bond donors (Lipinski definition) is 1. The summed E-state index contributed by atoms with van der Waals surface area (Å²) in [4.78, 5) is 7.86. The van der Waals surface area contributed by atoms with Gasteiger partial charge >= 0.3 is 0 Å². The minimum atomic E-state index is -0.0651. The molecule has 0 amide bonds. The second-order valence-electron chi connectivity index (χ2n) is 2.67. The summed E-state index contributed by atoms with van der Waals surface area (Å²) in [6, 6.07) is -0.0651. The van der Waals surface area contributed by atoms with Crippen LogP contribution in [0.15, 0.2) is 6.33 Å². The fraction of sp³-hybridized carbons (Fsp3) is 0.333. The van der Waals surface area contributed by atoms with Crippen LogP contribution in [0.25, 0.3) is 0 Å². The van der Waals surface area contributed by atoms with Gasteiger partial charge in [-0.1, -0.05) is 17.5 Å². The molecule has 13 heavy (non-hydrogen) atoms. The second kappa shape index (κ2) is 4.11. The van der Waals surface area contributed by atoms with Crippen LogP contribution in [0.3, 0.4) is 0 Å². The molecular weight excluding hydrogens is 186 g/mol. The summed E-state index contributed by atoms with van der Waals surface area (Å²) in [6.45, 7) is 3.71. The van der Waals surface area contributed by atoms with E-state index in [2.05, 4.69) is 21.2 Å². The second-order valence-corrected chi connectivity index (χ2v) is 3.03. The van der Waals surface area contributed by atoms with E-state index in [1.54, 1.807) is 0 Å². The lowest BCUT2D eigenvalue weighted by atomic mass is 10.3. The molecule has 0 saturated carbocycles. The predicted octanol–water partition coefficient (Wildman–Crippen LogP) is 1.87. The number of hydrogen-bond acceptors (Lipinski definition) is 3. The monoisotopic (exact) mass is 195 g/mol. The lowest BCUT2D eigenvalue weighted by Crippen LogP contribution is -2.14. The highest BCUT2D eigenvalue weighted by molar-refractivity contribution is 6.30. The van der Waals surface area contributed by atoms with Gasteiger partial charge in [-0.25, -0.2) is 9.97 Å². The molecule has 4 heteroatoms. The van der Waals surface area contributed by atoms with E-state index in [9.17, 15) is 0 Å². The highest BCUT2D eigenvalue weighted by Crippen LogP contribution is 2.18. The van der Waals surface area contributed by atoms with Gasteiger partial charge in [0, 0.05) is 5.56 Å². The van der Waals surface area contributed by atoms with E-state index in [0.717, 1.165) is 5.56 Å². The molecule has 1 atom stereocenters. The van der Waals surface area contributed by atoms with Gasteiger partial charge < -0.3 is 5.32 Å². The lowest BCUT2D eigenvalue weighted by molar-refractivity contribution is 0.993. The molecule has 0 fully saturated rings. The molecule has 1 aromatic rings. The molecule has 1 heterocycles. The van der Waals surface area contributed by atoms with Crippen molar-refractivity contribution in [3.8, 4) is 12.3 Å². The van der Waals surface area contributed by atoms with Gasteiger partial charge in [0.05, 0.1) is 6.04 Å². The van der Waals surface area contributed by atoms with Crippen LogP contribution in [0.1, 0.15) is 12.5 Å². The maximum absolute atomic E-state index is 5.80. The quantitative estimate of drug-likeness (QED) is 0.579. The third kappa shape index (κ3) is 2.33. The smallest absolute Gasteiger partial charge is 0.137 e. The van der Waals surface area contributed by atoms with Gasteiger partial charge in [-0.15, -0.1) is 6.42 Å². The van der Waals surface area contributed by atoms with E-state index in [-0.39, 0.29) is 6.04 Å². The zero-order chi connectivity index (χ0) is 9.84. The van der Waals surface area contributed by atoms with Crippen LogP contribution < -0.4 is 5.32 Å². The first-order chi connectivity index (χ1) is 6.15. The summed E-state index contributed by atoms with van der Waals surface area (Å²) < 4.78 is 0. The Morgan fingerprint density at radius 1 is 1.62 bits per heavy atom. The molecule has 0 radical (unpaired) electrons. The number of halogens is 1. The van der Waals surface area contributed by atoms with Crippen molar-refractivity contribution in [2.24, 2.45) is 0 Å². The molecule has 0 saturated heterocycles. The SMILES string of the molecule is C#CC(C)Nc1ncnc(Cl)c1C. The summed E-state index contributed by atoms with van der Waals surface area (Å²) in [7, 11) is 0. The normalized spacial score (nSPS) is 11.8. The predicted molar refractivity (Wildman–Crippen MR) is 53.7 cm³/mol. The molecule has 0 aliphatic rings. The van der Waals surface area contributed by atoms with Gasteiger partial charge in [-0.3, -0.25) is 0 Å². The zero-order valence-electron chi connectivity index (χ0n) is 7.50. The number of anilines is 1. The van der Waals surface area contributed by atoms with Gasteiger partial charge in [0.2, 0.25) is 0 Å².